The summed E-state index contributed by atoms with van der Waals surface area (Å²) in [6, 6.07) is 11.1. The van der Waals surface area contributed by atoms with Crippen molar-refractivity contribution in [1.82, 2.24) is 5.43 Å². The van der Waals surface area contributed by atoms with E-state index < -0.39 is 0 Å². The Labute approximate surface area is 157 Å². The average Bonchev–Trinajstić information content (AvgIpc) is 2.58. The normalized spacial score (nSPS) is 10.8. The lowest BCUT2D eigenvalue weighted by atomic mass is 10.1. The molecule has 0 aromatic heterocycles. The molecule has 0 saturated heterocycles. The molecule has 2 aromatic rings. The third-order valence-corrected chi connectivity index (χ3v) is 5.23. The first-order chi connectivity index (χ1) is 11.5. The van der Waals surface area contributed by atoms with E-state index >= 15 is 0 Å². The number of rotatable bonds is 6. The second-order valence-corrected chi connectivity index (χ2v) is 6.42. The van der Waals surface area contributed by atoms with Crippen molar-refractivity contribution < 1.29 is 14.6 Å². The molecule has 24 heavy (non-hydrogen) atoms. The number of hydrogen-bond acceptors (Lipinski definition) is 4. The van der Waals surface area contributed by atoms with Crippen LogP contribution >= 0.6 is 31.9 Å². The third-order valence-electron chi connectivity index (χ3n) is 3.07. The summed E-state index contributed by atoms with van der Waals surface area (Å²) in [6.45, 7) is 2.25. The lowest BCUT2D eigenvalue weighted by Gasteiger charge is -2.10. The zero-order valence-electron chi connectivity index (χ0n) is 12.9. The van der Waals surface area contributed by atoms with Crippen molar-refractivity contribution in [2.45, 2.75) is 13.3 Å². The third kappa shape index (κ3) is 4.82. The molecule has 0 unspecified atom stereocenters. The molecule has 7 heteroatoms. The lowest BCUT2D eigenvalue weighted by molar-refractivity contribution is -0.120. The van der Waals surface area contributed by atoms with E-state index in [0.717, 1.165) is 5.56 Å². The summed E-state index contributed by atoms with van der Waals surface area (Å²) >= 11 is 6.66. The summed E-state index contributed by atoms with van der Waals surface area (Å²) < 4.78 is 6.45. The van der Waals surface area contributed by atoms with Crippen molar-refractivity contribution in [3.63, 3.8) is 0 Å². The summed E-state index contributed by atoms with van der Waals surface area (Å²) in [5, 5.41) is 14.0. The second-order valence-electron chi connectivity index (χ2n) is 4.83. The summed E-state index contributed by atoms with van der Waals surface area (Å²) in [5.74, 6) is 0.134. The largest absolute Gasteiger partial charge is 0.503 e. The van der Waals surface area contributed by atoms with Gasteiger partial charge >= 0.3 is 0 Å². The Balaban J connectivity index is 2.07. The highest BCUT2D eigenvalue weighted by molar-refractivity contribution is 9.13. The minimum Gasteiger partial charge on any atom is -0.503 e. The number of carbonyl (C=O) groups excluding carboxylic acids is 1. The van der Waals surface area contributed by atoms with E-state index in [1.165, 1.54) is 6.21 Å². The number of halogens is 2. The predicted molar refractivity (Wildman–Crippen MR) is 101 cm³/mol. The molecule has 0 atom stereocenters. The summed E-state index contributed by atoms with van der Waals surface area (Å²) in [5.41, 5.74) is 4.05. The number of ether oxygens (including phenoxy) is 1. The van der Waals surface area contributed by atoms with E-state index in [1.54, 1.807) is 6.07 Å². The Hall–Kier alpha value is -1.86. The molecule has 0 aliphatic rings. The van der Waals surface area contributed by atoms with Crippen molar-refractivity contribution in [2.75, 3.05) is 6.61 Å². The van der Waals surface area contributed by atoms with E-state index in [9.17, 15) is 9.90 Å². The number of phenols is 1. The highest BCUT2D eigenvalue weighted by Crippen LogP contribution is 2.41. The van der Waals surface area contributed by atoms with Crippen molar-refractivity contribution in [3.05, 3.63) is 56.5 Å². The van der Waals surface area contributed by atoms with Gasteiger partial charge < -0.3 is 9.84 Å². The van der Waals surface area contributed by atoms with Gasteiger partial charge in [0.1, 0.15) is 0 Å². The molecule has 0 heterocycles. The topological polar surface area (TPSA) is 70.9 Å². The highest BCUT2D eigenvalue weighted by atomic mass is 79.9. The van der Waals surface area contributed by atoms with Gasteiger partial charge in [-0.05, 0) is 50.4 Å². The van der Waals surface area contributed by atoms with Crippen LogP contribution in [-0.4, -0.2) is 23.8 Å². The highest BCUT2D eigenvalue weighted by Gasteiger charge is 2.14. The predicted octanol–water partition coefficient (Wildman–Crippen LogP) is 4.01. The molecule has 2 aromatic carbocycles. The molecular formula is C17H16Br2N2O3. The maximum atomic E-state index is 11.9. The van der Waals surface area contributed by atoms with E-state index in [0.29, 0.717) is 26.9 Å². The maximum Gasteiger partial charge on any atom is 0.244 e. The second kappa shape index (κ2) is 8.84. The number of phenolic OH excluding ortho intramolecular Hbond substituents is 1. The maximum absolute atomic E-state index is 11.9. The van der Waals surface area contributed by atoms with Gasteiger partial charge in [0.15, 0.2) is 11.5 Å². The van der Waals surface area contributed by atoms with Crippen molar-refractivity contribution in [2.24, 2.45) is 5.10 Å². The van der Waals surface area contributed by atoms with Gasteiger partial charge in [0, 0.05) is 10.0 Å². The SMILES string of the molecule is CCOc1cc(/C=N\NC(=O)Cc2ccccc2)c(Br)c(Br)c1O. The summed E-state index contributed by atoms with van der Waals surface area (Å²) in [6.07, 6.45) is 1.74. The Morgan fingerprint density at radius 3 is 2.67 bits per heavy atom. The monoisotopic (exact) mass is 454 g/mol. The first-order valence-electron chi connectivity index (χ1n) is 7.22. The Bertz CT molecular complexity index is 749. The number of benzene rings is 2. The number of aromatic hydroxyl groups is 1. The Morgan fingerprint density at radius 2 is 2.00 bits per heavy atom. The smallest absolute Gasteiger partial charge is 0.244 e. The molecule has 0 bridgehead atoms. The number of carbonyl (C=O) groups is 1. The number of nitrogens with one attached hydrogen (secondary N) is 1. The van der Waals surface area contributed by atoms with Crippen molar-refractivity contribution in [3.8, 4) is 11.5 Å². The van der Waals surface area contributed by atoms with Gasteiger partial charge in [-0.3, -0.25) is 4.79 Å². The van der Waals surface area contributed by atoms with Crippen LogP contribution in [0.2, 0.25) is 0 Å². The van der Waals surface area contributed by atoms with Crippen LogP contribution in [-0.2, 0) is 11.2 Å². The average molecular weight is 456 g/mol. The van der Waals surface area contributed by atoms with Crippen LogP contribution in [0.15, 0.2) is 50.4 Å². The van der Waals surface area contributed by atoms with Gasteiger partial charge in [-0.2, -0.15) is 5.10 Å². The number of hydrazone groups is 1. The van der Waals surface area contributed by atoms with Gasteiger partial charge in [-0.15, -0.1) is 0 Å². The van der Waals surface area contributed by atoms with Crippen LogP contribution in [0.25, 0.3) is 0 Å². The Morgan fingerprint density at radius 1 is 1.29 bits per heavy atom. The fourth-order valence-electron chi connectivity index (χ4n) is 1.97. The molecular weight excluding hydrogens is 440 g/mol. The van der Waals surface area contributed by atoms with Crippen LogP contribution in [0.5, 0.6) is 11.5 Å². The minimum absolute atomic E-state index is 0.00832. The summed E-state index contributed by atoms with van der Waals surface area (Å²) in [7, 11) is 0. The van der Waals surface area contributed by atoms with Crippen LogP contribution in [0.3, 0.4) is 0 Å². The molecule has 1 amide bonds. The molecule has 0 saturated carbocycles. The quantitative estimate of drug-likeness (QED) is 0.510. The molecule has 5 nitrogen and oxygen atoms in total. The number of nitrogens with zero attached hydrogens (tertiary/aromatic N) is 1. The summed E-state index contributed by atoms with van der Waals surface area (Å²) in [4.78, 5) is 11.9. The van der Waals surface area contributed by atoms with Gasteiger partial charge in [0.25, 0.3) is 0 Å². The fraction of sp³-hybridized carbons (Fsp3) is 0.176. The standard InChI is InChI=1S/C17H16Br2N2O3/c1-2-24-13-9-12(15(18)16(19)17(13)23)10-20-21-14(22)8-11-6-4-3-5-7-11/h3-7,9-10,23H,2,8H2,1H3,(H,21,22)/b20-10-. The molecule has 2 N–H and O–H groups in total. The number of hydrogen-bond donors (Lipinski definition) is 2. The molecule has 0 aliphatic carbocycles. The van der Waals surface area contributed by atoms with Gasteiger partial charge in [-0.25, -0.2) is 5.43 Å². The minimum atomic E-state index is -0.212. The van der Waals surface area contributed by atoms with Crippen molar-refractivity contribution in [1.29, 1.82) is 0 Å². The van der Waals surface area contributed by atoms with Crippen molar-refractivity contribution >= 4 is 44.0 Å². The van der Waals surface area contributed by atoms with Crippen LogP contribution in [0.1, 0.15) is 18.1 Å². The zero-order chi connectivity index (χ0) is 17.5. The first-order valence-corrected chi connectivity index (χ1v) is 8.81. The molecule has 0 spiro atoms. The van der Waals surface area contributed by atoms with Gasteiger partial charge in [0.05, 0.1) is 23.7 Å². The molecule has 0 aliphatic heterocycles. The fourth-order valence-corrected chi connectivity index (χ4v) is 2.79. The lowest BCUT2D eigenvalue weighted by Crippen LogP contribution is -2.19. The van der Waals surface area contributed by atoms with E-state index in [1.807, 2.05) is 37.3 Å². The van der Waals surface area contributed by atoms with Crippen LogP contribution in [0.4, 0.5) is 0 Å². The molecule has 2 rings (SSSR count). The number of amides is 1. The molecule has 126 valence electrons. The molecule has 0 radical (unpaired) electrons. The van der Waals surface area contributed by atoms with Crippen LogP contribution in [0, 0.1) is 0 Å². The zero-order valence-corrected chi connectivity index (χ0v) is 16.1. The van der Waals surface area contributed by atoms with E-state index in [-0.39, 0.29) is 18.1 Å². The van der Waals surface area contributed by atoms with Crippen LogP contribution < -0.4 is 10.2 Å². The first kappa shape index (κ1) is 18.5. The molecule has 0 fully saturated rings. The van der Waals surface area contributed by atoms with Gasteiger partial charge in [-0.1, -0.05) is 30.3 Å². The van der Waals surface area contributed by atoms with E-state index in [2.05, 4.69) is 42.4 Å². The van der Waals surface area contributed by atoms with E-state index in [4.69, 9.17) is 4.74 Å². The Kier molecular flexibility index (Phi) is 6.81. The van der Waals surface area contributed by atoms with Gasteiger partial charge in [0.2, 0.25) is 5.91 Å².